The molecule has 0 unspecified atom stereocenters. The third-order valence-corrected chi connectivity index (χ3v) is 3.45. The number of amides is 1. The van der Waals surface area contributed by atoms with Crippen LogP contribution in [0, 0.1) is 0 Å². The van der Waals surface area contributed by atoms with E-state index in [-0.39, 0.29) is 17.6 Å². The maximum atomic E-state index is 11.7. The molecule has 0 aromatic carbocycles. The molecule has 2 rings (SSSR count). The molecule has 0 atom stereocenters. The number of H-pyrrole nitrogens is 1. The Morgan fingerprint density at radius 1 is 1.38 bits per heavy atom. The van der Waals surface area contributed by atoms with Crippen LogP contribution in [0.15, 0.2) is 10.9 Å². The van der Waals surface area contributed by atoms with Crippen LogP contribution in [0.4, 0.5) is 10.7 Å². The summed E-state index contributed by atoms with van der Waals surface area (Å²) in [4.78, 5) is 34.3. The number of rotatable bonds is 3. The maximum absolute atomic E-state index is 11.7. The Morgan fingerprint density at radius 2 is 2.05 bits per heavy atom. The zero-order chi connectivity index (χ0) is 15.4. The zero-order valence-corrected chi connectivity index (χ0v) is 12.8. The van der Waals surface area contributed by atoms with E-state index < -0.39 is 0 Å². The van der Waals surface area contributed by atoms with Crippen LogP contribution in [0.5, 0.6) is 0 Å². The number of hydrogen-bond donors (Lipinski definition) is 1. The lowest BCUT2D eigenvalue weighted by Crippen LogP contribution is -2.49. The molecule has 21 heavy (non-hydrogen) atoms. The minimum Gasteiger partial charge on any atom is -0.450 e. The zero-order valence-electron chi connectivity index (χ0n) is 12.8. The van der Waals surface area contributed by atoms with Crippen molar-refractivity contribution < 1.29 is 9.53 Å². The molecule has 2 heterocycles. The van der Waals surface area contributed by atoms with E-state index in [1.54, 1.807) is 11.8 Å². The molecule has 1 aromatic heterocycles. The quantitative estimate of drug-likeness (QED) is 0.905. The first-order chi connectivity index (χ1) is 10.0. The van der Waals surface area contributed by atoms with Gasteiger partial charge in [0.25, 0.3) is 5.56 Å². The highest BCUT2D eigenvalue weighted by molar-refractivity contribution is 5.68. The van der Waals surface area contributed by atoms with Crippen LogP contribution < -0.4 is 10.5 Å². The molecule has 0 saturated carbocycles. The monoisotopic (exact) mass is 294 g/mol. The minimum absolute atomic E-state index is 0.142. The smallest absolute Gasteiger partial charge is 0.409 e. The summed E-state index contributed by atoms with van der Waals surface area (Å²) in [5, 5.41) is 0. The van der Waals surface area contributed by atoms with Crippen molar-refractivity contribution in [3.8, 4) is 0 Å². The molecular formula is C14H22N4O3. The van der Waals surface area contributed by atoms with Crippen molar-refractivity contribution in [2.75, 3.05) is 37.7 Å². The number of nitrogens with one attached hydrogen (secondary N) is 1. The molecule has 1 aromatic rings. The van der Waals surface area contributed by atoms with Crippen molar-refractivity contribution in [3.63, 3.8) is 0 Å². The Labute approximate surface area is 123 Å². The lowest BCUT2D eigenvalue weighted by Gasteiger charge is -2.34. The van der Waals surface area contributed by atoms with Crippen molar-refractivity contribution in [3.05, 3.63) is 22.1 Å². The second-order valence-corrected chi connectivity index (χ2v) is 5.32. The Morgan fingerprint density at radius 3 is 2.62 bits per heavy atom. The maximum Gasteiger partial charge on any atom is 0.409 e. The topological polar surface area (TPSA) is 78.5 Å². The number of carbonyl (C=O) groups is 1. The Bertz CT molecular complexity index is 547. The largest absolute Gasteiger partial charge is 0.450 e. The van der Waals surface area contributed by atoms with E-state index in [4.69, 9.17) is 4.74 Å². The van der Waals surface area contributed by atoms with Crippen LogP contribution in [0.2, 0.25) is 0 Å². The van der Waals surface area contributed by atoms with Gasteiger partial charge in [0.05, 0.1) is 12.3 Å². The van der Waals surface area contributed by atoms with E-state index in [1.165, 1.54) is 6.07 Å². The van der Waals surface area contributed by atoms with Gasteiger partial charge < -0.3 is 14.5 Å². The van der Waals surface area contributed by atoms with Crippen molar-refractivity contribution in [1.82, 2.24) is 14.9 Å². The van der Waals surface area contributed by atoms with Crippen LogP contribution in [0.3, 0.4) is 0 Å². The van der Waals surface area contributed by atoms with E-state index in [0.29, 0.717) is 38.7 Å². The second kappa shape index (κ2) is 6.60. The summed E-state index contributed by atoms with van der Waals surface area (Å²) >= 11 is 0. The molecule has 1 fully saturated rings. The molecule has 0 spiro atoms. The van der Waals surface area contributed by atoms with Crippen LogP contribution in [0.25, 0.3) is 0 Å². The molecule has 0 radical (unpaired) electrons. The molecule has 1 saturated heterocycles. The fourth-order valence-electron chi connectivity index (χ4n) is 2.22. The summed E-state index contributed by atoms with van der Waals surface area (Å²) < 4.78 is 4.99. The lowest BCUT2D eigenvalue weighted by molar-refractivity contribution is 0.105. The van der Waals surface area contributed by atoms with E-state index in [9.17, 15) is 9.59 Å². The highest BCUT2D eigenvalue weighted by Crippen LogP contribution is 2.14. The van der Waals surface area contributed by atoms with Crippen LogP contribution in [0.1, 0.15) is 32.4 Å². The molecule has 1 amide bonds. The Hall–Kier alpha value is -2.05. The fourth-order valence-corrected chi connectivity index (χ4v) is 2.22. The standard InChI is InChI=1S/C14H22N4O3/c1-4-21-14(20)18-7-5-17(6-8-18)13-15-11(10(2)3)9-12(19)16-13/h9-10H,4-8H2,1-3H3,(H,15,16,19). The summed E-state index contributed by atoms with van der Waals surface area (Å²) in [6.07, 6.45) is -0.283. The number of ether oxygens (including phenoxy) is 1. The minimum atomic E-state index is -0.283. The van der Waals surface area contributed by atoms with E-state index in [2.05, 4.69) is 9.97 Å². The SMILES string of the molecule is CCOC(=O)N1CCN(c2nc(C(C)C)cc(=O)[nH]2)CC1. The summed E-state index contributed by atoms with van der Waals surface area (Å²) in [6.45, 7) is 8.56. The number of hydrogen-bond acceptors (Lipinski definition) is 5. The van der Waals surface area contributed by atoms with Gasteiger partial charge >= 0.3 is 6.09 Å². The number of piperazine rings is 1. The van der Waals surface area contributed by atoms with Gasteiger partial charge in [-0.1, -0.05) is 13.8 Å². The van der Waals surface area contributed by atoms with E-state index in [1.807, 2.05) is 18.7 Å². The molecule has 7 heteroatoms. The summed E-state index contributed by atoms with van der Waals surface area (Å²) in [6, 6.07) is 1.53. The third-order valence-electron chi connectivity index (χ3n) is 3.45. The number of anilines is 1. The van der Waals surface area contributed by atoms with Gasteiger partial charge in [0.2, 0.25) is 5.95 Å². The van der Waals surface area contributed by atoms with Gasteiger partial charge in [-0.3, -0.25) is 9.78 Å². The molecule has 1 aliphatic rings. The van der Waals surface area contributed by atoms with E-state index >= 15 is 0 Å². The first-order valence-corrected chi connectivity index (χ1v) is 7.29. The van der Waals surface area contributed by atoms with Crippen molar-refractivity contribution >= 4 is 12.0 Å². The second-order valence-electron chi connectivity index (χ2n) is 5.32. The molecule has 1 aliphatic heterocycles. The van der Waals surface area contributed by atoms with Crippen LogP contribution in [-0.4, -0.2) is 53.7 Å². The fraction of sp³-hybridized carbons (Fsp3) is 0.643. The molecular weight excluding hydrogens is 272 g/mol. The van der Waals surface area contributed by atoms with Gasteiger partial charge in [-0.2, -0.15) is 0 Å². The van der Waals surface area contributed by atoms with Gasteiger partial charge in [0.15, 0.2) is 0 Å². The highest BCUT2D eigenvalue weighted by atomic mass is 16.6. The predicted molar refractivity (Wildman–Crippen MR) is 79.8 cm³/mol. The van der Waals surface area contributed by atoms with Gasteiger partial charge in [-0.05, 0) is 12.8 Å². The predicted octanol–water partition coefficient (Wildman–Crippen LogP) is 1.17. The highest BCUT2D eigenvalue weighted by Gasteiger charge is 2.23. The normalized spacial score (nSPS) is 15.4. The van der Waals surface area contributed by atoms with Gasteiger partial charge in [0, 0.05) is 32.2 Å². The molecule has 7 nitrogen and oxygen atoms in total. The lowest BCUT2D eigenvalue weighted by atomic mass is 10.1. The van der Waals surface area contributed by atoms with Gasteiger partial charge in [-0.15, -0.1) is 0 Å². The average molecular weight is 294 g/mol. The van der Waals surface area contributed by atoms with Crippen molar-refractivity contribution in [2.24, 2.45) is 0 Å². The number of carbonyl (C=O) groups excluding carboxylic acids is 1. The molecule has 0 aliphatic carbocycles. The molecule has 116 valence electrons. The van der Waals surface area contributed by atoms with Gasteiger partial charge in [-0.25, -0.2) is 9.78 Å². The Kier molecular flexibility index (Phi) is 4.82. The van der Waals surface area contributed by atoms with Crippen molar-refractivity contribution in [2.45, 2.75) is 26.7 Å². The molecule has 1 N–H and O–H groups in total. The summed E-state index contributed by atoms with van der Waals surface area (Å²) in [5.41, 5.74) is 0.637. The Balaban J connectivity index is 2.05. The van der Waals surface area contributed by atoms with E-state index in [0.717, 1.165) is 5.69 Å². The first kappa shape index (κ1) is 15.3. The first-order valence-electron chi connectivity index (χ1n) is 7.29. The summed E-state index contributed by atoms with van der Waals surface area (Å²) in [5.74, 6) is 0.779. The van der Waals surface area contributed by atoms with Crippen LogP contribution >= 0.6 is 0 Å². The number of aromatic nitrogens is 2. The van der Waals surface area contributed by atoms with Crippen molar-refractivity contribution in [1.29, 1.82) is 0 Å². The number of nitrogens with zero attached hydrogens (tertiary/aromatic N) is 3. The molecule has 0 bridgehead atoms. The third kappa shape index (κ3) is 3.74. The summed E-state index contributed by atoms with van der Waals surface area (Å²) in [7, 11) is 0. The van der Waals surface area contributed by atoms with Gasteiger partial charge in [0.1, 0.15) is 0 Å². The number of aromatic amines is 1. The average Bonchev–Trinajstić information content (AvgIpc) is 2.47. The van der Waals surface area contributed by atoms with Crippen LogP contribution in [-0.2, 0) is 4.74 Å².